The summed E-state index contributed by atoms with van der Waals surface area (Å²) in [5, 5.41) is 0. The van der Waals surface area contributed by atoms with Crippen molar-refractivity contribution in [3.63, 3.8) is 0 Å². The summed E-state index contributed by atoms with van der Waals surface area (Å²) >= 11 is 0. The second kappa shape index (κ2) is 8.87. The summed E-state index contributed by atoms with van der Waals surface area (Å²) in [7, 11) is -3.61. The van der Waals surface area contributed by atoms with Gasteiger partial charge in [0.15, 0.2) is 6.61 Å². The predicted molar refractivity (Wildman–Crippen MR) is 106 cm³/mol. The van der Waals surface area contributed by atoms with E-state index in [0.29, 0.717) is 0 Å². The molecule has 0 atom stereocenters. The van der Waals surface area contributed by atoms with Gasteiger partial charge in [-0.1, -0.05) is 39.0 Å². The number of hydrogen-bond acceptors (Lipinski definition) is 5. The van der Waals surface area contributed by atoms with Gasteiger partial charge in [0.25, 0.3) is 5.91 Å². The van der Waals surface area contributed by atoms with Gasteiger partial charge in [-0.15, -0.1) is 0 Å². The highest BCUT2D eigenvalue weighted by Crippen LogP contribution is 2.25. The normalized spacial score (nSPS) is 16.4. The van der Waals surface area contributed by atoms with Crippen LogP contribution in [0.2, 0.25) is 0 Å². The van der Waals surface area contributed by atoms with Gasteiger partial charge in [-0.25, -0.2) is 13.2 Å². The van der Waals surface area contributed by atoms with Crippen molar-refractivity contribution in [1.29, 1.82) is 0 Å². The fourth-order valence-electron chi connectivity index (χ4n) is 2.86. The van der Waals surface area contributed by atoms with Crippen molar-refractivity contribution >= 4 is 21.9 Å². The van der Waals surface area contributed by atoms with Crippen LogP contribution in [0, 0.1) is 0 Å². The van der Waals surface area contributed by atoms with Crippen LogP contribution in [0.15, 0.2) is 41.3 Å². The number of esters is 1. The standard InChI is InChI=1S/C20H28N2O5S/c1-5-6-19(24)27-15-18(23)21-11-13-22(14-12-21)28(25,26)17-9-7-16(8-10-17)20(2,3)4/h5-10H,11-15H2,1-4H3/b6-5+. The van der Waals surface area contributed by atoms with Gasteiger partial charge >= 0.3 is 5.97 Å². The van der Waals surface area contributed by atoms with Gasteiger partial charge in [0.05, 0.1) is 4.90 Å². The molecular weight excluding hydrogens is 380 g/mol. The van der Waals surface area contributed by atoms with Crippen molar-refractivity contribution in [2.24, 2.45) is 0 Å². The molecule has 154 valence electrons. The molecule has 1 aromatic rings. The number of benzene rings is 1. The van der Waals surface area contributed by atoms with Crippen LogP contribution >= 0.6 is 0 Å². The third-order valence-corrected chi connectivity index (χ3v) is 6.50. The second-order valence-electron chi connectivity index (χ2n) is 7.67. The number of rotatable bonds is 5. The molecule has 0 N–H and O–H groups in total. The molecule has 1 heterocycles. The second-order valence-corrected chi connectivity index (χ2v) is 9.60. The molecule has 1 amide bonds. The Morgan fingerprint density at radius 1 is 1.07 bits per heavy atom. The van der Waals surface area contributed by atoms with Crippen LogP contribution in [0.25, 0.3) is 0 Å². The molecule has 0 unspecified atom stereocenters. The average molecular weight is 409 g/mol. The molecule has 1 aromatic carbocycles. The Hall–Kier alpha value is -2.19. The summed E-state index contributed by atoms with van der Waals surface area (Å²) in [6, 6.07) is 6.94. The first kappa shape index (κ1) is 22.1. The van der Waals surface area contributed by atoms with Crippen LogP contribution in [-0.4, -0.2) is 62.3 Å². The number of carbonyl (C=O) groups is 2. The van der Waals surface area contributed by atoms with Crippen molar-refractivity contribution in [3.8, 4) is 0 Å². The average Bonchev–Trinajstić information content (AvgIpc) is 2.66. The summed E-state index contributed by atoms with van der Waals surface area (Å²) in [5.41, 5.74) is 1.01. The first-order valence-corrected chi connectivity index (χ1v) is 10.7. The third kappa shape index (κ3) is 5.42. The Labute approximate surface area is 167 Å². The van der Waals surface area contributed by atoms with E-state index in [-0.39, 0.29) is 49.0 Å². The van der Waals surface area contributed by atoms with Crippen molar-refractivity contribution in [1.82, 2.24) is 9.21 Å². The van der Waals surface area contributed by atoms with Gasteiger partial charge in [-0.05, 0) is 30.0 Å². The van der Waals surface area contributed by atoms with E-state index in [1.807, 2.05) is 12.1 Å². The minimum Gasteiger partial charge on any atom is -0.452 e. The molecule has 0 aliphatic carbocycles. The molecule has 1 saturated heterocycles. The fourth-order valence-corrected chi connectivity index (χ4v) is 4.28. The molecule has 8 heteroatoms. The van der Waals surface area contributed by atoms with Crippen LogP contribution in [0.5, 0.6) is 0 Å². The van der Waals surface area contributed by atoms with Crippen LogP contribution in [-0.2, 0) is 29.8 Å². The summed E-state index contributed by atoms with van der Waals surface area (Å²) < 4.78 is 31.9. The van der Waals surface area contributed by atoms with Crippen molar-refractivity contribution in [2.75, 3.05) is 32.8 Å². The summed E-state index contributed by atoms with van der Waals surface area (Å²) in [6.45, 7) is 8.49. The van der Waals surface area contributed by atoms with E-state index in [4.69, 9.17) is 4.74 Å². The number of carbonyl (C=O) groups excluding carboxylic acids is 2. The van der Waals surface area contributed by atoms with E-state index in [1.165, 1.54) is 21.4 Å². The van der Waals surface area contributed by atoms with E-state index in [2.05, 4.69) is 20.8 Å². The number of nitrogens with zero attached hydrogens (tertiary/aromatic N) is 2. The van der Waals surface area contributed by atoms with Crippen LogP contribution < -0.4 is 0 Å². The monoisotopic (exact) mass is 408 g/mol. The number of sulfonamides is 1. The molecule has 1 aliphatic heterocycles. The number of hydrogen-bond donors (Lipinski definition) is 0. The first-order chi connectivity index (χ1) is 13.1. The fraction of sp³-hybridized carbons (Fsp3) is 0.500. The van der Waals surface area contributed by atoms with Crippen LogP contribution in [0.1, 0.15) is 33.3 Å². The lowest BCUT2D eigenvalue weighted by molar-refractivity contribution is -0.148. The maximum Gasteiger partial charge on any atom is 0.330 e. The maximum absolute atomic E-state index is 12.9. The van der Waals surface area contributed by atoms with E-state index in [1.54, 1.807) is 19.1 Å². The summed E-state index contributed by atoms with van der Waals surface area (Å²) in [6.07, 6.45) is 2.77. The highest BCUT2D eigenvalue weighted by atomic mass is 32.2. The number of piperazine rings is 1. The Morgan fingerprint density at radius 3 is 2.14 bits per heavy atom. The van der Waals surface area contributed by atoms with Gasteiger partial charge in [0.1, 0.15) is 0 Å². The molecule has 1 aliphatic rings. The molecule has 28 heavy (non-hydrogen) atoms. The third-order valence-electron chi connectivity index (χ3n) is 4.59. The summed E-state index contributed by atoms with van der Waals surface area (Å²) in [4.78, 5) is 25.2. The highest BCUT2D eigenvalue weighted by Gasteiger charge is 2.30. The molecule has 0 saturated carbocycles. The Bertz CT molecular complexity index is 830. The molecule has 0 radical (unpaired) electrons. The van der Waals surface area contributed by atoms with Gasteiger partial charge in [0, 0.05) is 32.3 Å². The zero-order valence-electron chi connectivity index (χ0n) is 16.8. The summed E-state index contributed by atoms with van der Waals surface area (Å²) in [5.74, 6) is -0.903. The first-order valence-electron chi connectivity index (χ1n) is 9.23. The quantitative estimate of drug-likeness (QED) is 0.549. The van der Waals surface area contributed by atoms with Crippen LogP contribution in [0.4, 0.5) is 0 Å². The predicted octanol–water partition coefficient (Wildman–Crippen LogP) is 1.94. The van der Waals surface area contributed by atoms with E-state index >= 15 is 0 Å². The number of allylic oxidation sites excluding steroid dienone is 1. The molecule has 2 rings (SSSR count). The Balaban J connectivity index is 1.96. The smallest absolute Gasteiger partial charge is 0.330 e. The van der Waals surface area contributed by atoms with Crippen molar-refractivity contribution < 1.29 is 22.7 Å². The Kier molecular flexibility index (Phi) is 7.01. The zero-order chi connectivity index (χ0) is 20.9. The van der Waals surface area contributed by atoms with Gasteiger partial charge in [-0.3, -0.25) is 4.79 Å². The molecule has 0 bridgehead atoms. The van der Waals surface area contributed by atoms with Gasteiger partial charge in [-0.2, -0.15) is 4.31 Å². The van der Waals surface area contributed by atoms with Crippen molar-refractivity contribution in [3.05, 3.63) is 42.0 Å². The van der Waals surface area contributed by atoms with Gasteiger partial charge < -0.3 is 9.64 Å². The van der Waals surface area contributed by atoms with Gasteiger partial charge in [0.2, 0.25) is 10.0 Å². The SMILES string of the molecule is C/C=C/C(=O)OCC(=O)N1CCN(S(=O)(=O)c2ccc(C(C)(C)C)cc2)CC1. The lowest BCUT2D eigenvalue weighted by atomic mass is 9.87. The number of ether oxygens (including phenoxy) is 1. The lowest BCUT2D eigenvalue weighted by Crippen LogP contribution is -2.51. The minimum absolute atomic E-state index is 0.0509. The molecule has 7 nitrogen and oxygen atoms in total. The number of amides is 1. The Morgan fingerprint density at radius 2 is 1.64 bits per heavy atom. The topological polar surface area (TPSA) is 84.0 Å². The minimum atomic E-state index is -3.61. The maximum atomic E-state index is 12.9. The van der Waals surface area contributed by atoms with Crippen molar-refractivity contribution in [2.45, 2.75) is 38.0 Å². The van der Waals surface area contributed by atoms with Crippen LogP contribution in [0.3, 0.4) is 0 Å². The van der Waals surface area contributed by atoms with E-state index < -0.39 is 16.0 Å². The lowest BCUT2D eigenvalue weighted by Gasteiger charge is -2.34. The highest BCUT2D eigenvalue weighted by molar-refractivity contribution is 7.89. The molecule has 0 spiro atoms. The molecular formula is C20H28N2O5S. The molecule has 1 fully saturated rings. The van der Waals surface area contributed by atoms with E-state index in [0.717, 1.165) is 5.56 Å². The zero-order valence-corrected chi connectivity index (χ0v) is 17.7. The van der Waals surface area contributed by atoms with E-state index in [9.17, 15) is 18.0 Å². The molecule has 0 aromatic heterocycles. The largest absolute Gasteiger partial charge is 0.452 e.